The molecule has 2 N–H and O–H groups in total. The lowest BCUT2D eigenvalue weighted by atomic mass is 10.1. The van der Waals surface area contributed by atoms with E-state index in [1.165, 1.54) is 5.56 Å². The van der Waals surface area contributed by atoms with Gasteiger partial charge in [0.2, 0.25) is 0 Å². The Morgan fingerprint density at radius 2 is 2.04 bits per heavy atom. The Kier molecular flexibility index (Phi) is 10.7. The van der Waals surface area contributed by atoms with Crippen molar-refractivity contribution in [3.8, 4) is 5.75 Å². The normalized spacial score (nSPS) is 17.1. The number of hydrogen-bond acceptors (Lipinski definition) is 4. The zero-order chi connectivity index (χ0) is 19.2. The van der Waals surface area contributed by atoms with Crippen molar-refractivity contribution in [2.45, 2.75) is 45.1 Å². The molecule has 0 amide bonds. The smallest absolute Gasteiger partial charge is 0.191 e. The molecule has 0 saturated carbocycles. The summed E-state index contributed by atoms with van der Waals surface area (Å²) < 4.78 is 16.3. The molecule has 1 saturated heterocycles. The largest absolute Gasteiger partial charge is 0.497 e. The SMILES string of the molecule is CCNC(=NCCCOC1CCOC1)NCCCCc1ccc(OC)cc1. The highest BCUT2D eigenvalue weighted by Crippen LogP contribution is 2.13. The number of rotatable bonds is 12. The lowest BCUT2D eigenvalue weighted by Crippen LogP contribution is -2.38. The van der Waals surface area contributed by atoms with Gasteiger partial charge >= 0.3 is 0 Å². The highest BCUT2D eigenvalue weighted by Gasteiger charge is 2.15. The number of ether oxygens (including phenoxy) is 3. The third-order valence-corrected chi connectivity index (χ3v) is 4.50. The number of aryl methyl sites for hydroxylation is 1. The van der Waals surface area contributed by atoms with Crippen LogP contribution in [0.5, 0.6) is 5.75 Å². The fraction of sp³-hybridized carbons (Fsp3) is 0.667. The number of hydrogen-bond donors (Lipinski definition) is 2. The Bertz CT molecular complexity index is 528. The van der Waals surface area contributed by atoms with E-state index in [2.05, 4.69) is 34.7 Å². The van der Waals surface area contributed by atoms with Crippen molar-refractivity contribution in [2.75, 3.05) is 46.6 Å². The van der Waals surface area contributed by atoms with Gasteiger partial charge in [-0.05, 0) is 56.7 Å². The number of nitrogens with one attached hydrogen (secondary N) is 2. The molecule has 1 heterocycles. The van der Waals surface area contributed by atoms with Crippen LogP contribution in [0.15, 0.2) is 29.3 Å². The van der Waals surface area contributed by atoms with E-state index in [4.69, 9.17) is 14.2 Å². The van der Waals surface area contributed by atoms with Crippen LogP contribution in [0.4, 0.5) is 0 Å². The van der Waals surface area contributed by atoms with Gasteiger partial charge in [0.15, 0.2) is 5.96 Å². The van der Waals surface area contributed by atoms with Gasteiger partial charge in [-0.1, -0.05) is 12.1 Å². The van der Waals surface area contributed by atoms with Gasteiger partial charge in [0.25, 0.3) is 0 Å². The van der Waals surface area contributed by atoms with Crippen molar-refractivity contribution in [2.24, 2.45) is 4.99 Å². The summed E-state index contributed by atoms with van der Waals surface area (Å²) in [5.74, 6) is 1.81. The first-order valence-electron chi connectivity index (χ1n) is 10.2. The highest BCUT2D eigenvalue weighted by molar-refractivity contribution is 5.79. The summed E-state index contributed by atoms with van der Waals surface area (Å²) in [5, 5.41) is 6.72. The van der Waals surface area contributed by atoms with E-state index >= 15 is 0 Å². The monoisotopic (exact) mass is 377 g/mol. The minimum atomic E-state index is 0.283. The Labute approximate surface area is 163 Å². The topological polar surface area (TPSA) is 64.1 Å². The van der Waals surface area contributed by atoms with Crippen LogP contribution in [-0.2, 0) is 15.9 Å². The molecule has 1 aliphatic heterocycles. The molecule has 27 heavy (non-hydrogen) atoms. The molecule has 6 heteroatoms. The number of methoxy groups -OCH3 is 1. The molecule has 0 spiro atoms. The van der Waals surface area contributed by atoms with Crippen molar-refractivity contribution in [3.05, 3.63) is 29.8 Å². The highest BCUT2D eigenvalue weighted by atomic mass is 16.5. The molecule has 0 aromatic heterocycles. The number of unbranched alkanes of at least 4 members (excludes halogenated alkanes) is 1. The van der Waals surface area contributed by atoms with E-state index in [0.717, 1.165) is 83.3 Å². The van der Waals surface area contributed by atoms with Crippen LogP contribution in [0.3, 0.4) is 0 Å². The Hall–Kier alpha value is -1.79. The van der Waals surface area contributed by atoms with Crippen molar-refractivity contribution >= 4 is 5.96 Å². The molecule has 6 nitrogen and oxygen atoms in total. The quantitative estimate of drug-likeness (QED) is 0.333. The maximum Gasteiger partial charge on any atom is 0.191 e. The summed E-state index contributed by atoms with van der Waals surface area (Å²) in [4.78, 5) is 4.62. The molecule has 1 atom stereocenters. The van der Waals surface area contributed by atoms with E-state index in [1.54, 1.807) is 7.11 Å². The van der Waals surface area contributed by atoms with E-state index in [0.29, 0.717) is 0 Å². The molecule has 0 radical (unpaired) electrons. The predicted molar refractivity (Wildman–Crippen MR) is 110 cm³/mol. The lowest BCUT2D eigenvalue weighted by molar-refractivity contribution is 0.0424. The fourth-order valence-corrected chi connectivity index (χ4v) is 2.94. The summed E-state index contributed by atoms with van der Waals surface area (Å²) in [6, 6.07) is 8.31. The summed E-state index contributed by atoms with van der Waals surface area (Å²) >= 11 is 0. The Morgan fingerprint density at radius 3 is 2.74 bits per heavy atom. The maximum absolute atomic E-state index is 5.77. The fourth-order valence-electron chi connectivity index (χ4n) is 2.94. The van der Waals surface area contributed by atoms with Crippen molar-refractivity contribution in [1.82, 2.24) is 10.6 Å². The van der Waals surface area contributed by atoms with Crippen LogP contribution in [0.1, 0.15) is 38.2 Å². The molecule has 2 rings (SSSR count). The van der Waals surface area contributed by atoms with Crippen LogP contribution in [0.2, 0.25) is 0 Å². The van der Waals surface area contributed by atoms with Crippen molar-refractivity contribution in [3.63, 3.8) is 0 Å². The van der Waals surface area contributed by atoms with Crippen LogP contribution >= 0.6 is 0 Å². The van der Waals surface area contributed by atoms with E-state index in [-0.39, 0.29) is 6.10 Å². The Morgan fingerprint density at radius 1 is 1.19 bits per heavy atom. The van der Waals surface area contributed by atoms with E-state index in [9.17, 15) is 0 Å². The van der Waals surface area contributed by atoms with Crippen LogP contribution in [0.25, 0.3) is 0 Å². The van der Waals surface area contributed by atoms with Crippen LogP contribution in [-0.4, -0.2) is 58.6 Å². The molecule has 1 aromatic rings. The first-order chi connectivity index (χ1) is 13.3. The zero-order valence-electron chi connectivity index (χ0n) is 16.8. The molecule has 0 aliphatic carbocycles. The Balaban J connectivity index is 1.55. The third kappa shape index (κ3) is 9.11. The first-order valence-corrected chi connectivity index (χ1v) is 10.2. The second kappa shape index (κ2) is 13.4. The molecule has 1 fully saturated rings. The standard InChI is InChI=1S/C21H35N3O3/c1-3-22-21(24-14-6-15-27-20-12-16-26-17-20)23-13-5-4-7-18-8-10-19(25-2)11-9-18/h8-11,20H,3-7,12-17H2,1-2H3,(H2,22,23,24). The van der Waals surface area contributed by atoms with Gasteiger partial charge in [-0.15, -0.1) is 0 Å². The summed E-state index contributed by atoms with van der Waals surface area (Å²) in [7, 11) is 1.70. The van der Waals surface area contributed by atoms with Gasteiger partial charge in [0, 0.05) is 32.8 Å². The van der Waals surface area contributed by atoms with Crippen LogP contribution in [0, 0.1) is 0 Å². The summed E-state index contributed by atoms with van der Waals surface area (Å²) in [6.45, 7) is 6.98. The predicted octanol–water partition coefficient (Wildman–Crippen LogP) is 2.77. The van der Waals surface area contributed by atoms with Gasteiger partial charge in [0.05, 0.1) is 19.8 Å². The summed E-state index contributed by atoms with van der Waals surface area (Å²) in [6.07, 6.45) is 5.58. The van der Waals surface area contributed by atoms with Gasteiger partial charge < -0.3 is 24.8 Å². The molecule has 0 bridgehead atoms. The molecular formula is C21H35N3O3. The second-order valence-electron chi connectivity index (χ2n) is 6.70. The number of aliphatic imine (C=N–C) groups is 1. The van der Waals surface area contributed by atoms with Gasteiger partial charge in [0.1, 0.15) is 5.75 Å². The second-order valence-corrected chi connectivity index (χ2v) is 6.70. The minimum Gasteiger partial charge on any atom is -0.497 e. The summed E-state index contributed by atoms with van der Waals surface area (Å²) in [5.41, 5.74) is 1.35. The molecule has 1 unspecified atom stereocenters. The van der Waals surface area contributed by atoms with Gasteiger partial charge in [-0.25, -0.2) is 0 Å². The average molecular weight is 378 g/mol. The first kappa shape index (κ1) is 21.5. The maximum atomic E-state index is 5.77. The molecule has 152 valence electrons. The average Bonchev–Trinajstić information content (AvgIpc) is 3.21. The van der Waals surface area contributed by atoms with E-state index in [1.807, 2.05) is 12.1 Å². The molecular weight excluding hydrogens is 342 g/mol. The zero-order valence-corrected chi connectivity index (χ0v) is 16.8. The van der Waals surface area contributed by atoms with Crippen molar-refractivity contribution < 1.29 is 14.2 Å². The van der Waals surface area contributed by atoms with E-state index < -0.39 is 0 Å². The number of nitrogens with zero attached hydrogens (tertiary/aromatic N) is 1. The van der Waals surface area contributed by atoms with Crippen molar-refractivity contribution in [1.29, 1.82) is 0 Å². The lowest BCUT2D eigenvalue weighted by Gasteiger charge is -2.12. The number of guanidine groups is 1. The minimum absolute atomic E-state index is 0.283. The molecule has 1 aromatic carbocycles. The number of benzene rings is 1. The van der Waals surface area contributed by atoms with Crippen LogP contribution < -0.4 is 15.4 Å². The molecule has 1 aliphatic rings. The third-order valence-electron chi connectivity index (χ3n) is 4.50. The van der Waals surface area contributed by atoms with Gasteiger partial charge in [-0.3, -0.25) is 4.99 Å². The van der Waals surface area contributed by atoms with Gasteiger partial charge in [-0.2, -0.15) is 0 Å².